The van der Waals surface area contributed by atoms with Crippen LogP contribution in [0.3, 0.4) is 0 Å². The molecule has 1 unspecified atom stereocenters. The van der Waals surface area contributed by atoms with Gasteiger partial charge in [0.15, 0.2) is 6.10 Å². The molecule has 4 N–H and O–H groups in total. The van der Waals surface area contributed by atoms with Gasteiger partial charge in [0, 0.05) is 0 Å². The second-order valence-electron chi connectivity index (χ2n) is 2.14. The van der Waals surface area contributed by atoms with Gasteiger partial charge in [-0.25, -0.2) is 0 Å². The Hall–Kier alpha value is -0.840. The lowest BCUT2D eigenvalue weighted by molar-refractivity contribution is -0.185. The van der Waals surface area contributed by atoms with E-state index in [4.69, 9.17) is 20.4 Å². The summed E-state index contributed by atoms with van der Waals surface area (Å²) in [5, 5.41) is 35.3. The lowest BCUT2D eigenvalue weighted by Gasteiger charge is -2.25. The van der Waals surface area contributed by atoms with Crippen molar-refractivity contribution in [1.82, 2.24) is 0 Å². The van der Waals surface area contributed by atoms with Crippen molar-refractivity contribution in [3.8, 4) is 0 Å². The highest BCUT2D eigenvalue weighted by atomic mass is 16.5. The lowest BCUT2D eigenvalue weighted by Crippen LogP contribution is -2.42. The Morgan fingerprint density at radius 3 is 2.40 bits per heavy atom. The summed E-state index contributed by atoms with van der Waals surface area (Å²) in [6.07, 6.45) is 1.78. The van der Waals surface area contributed by atoms with E-state index in [0.29, 0.717) is 0 Å². The Kier molecular flexibility index (Phi) is 1.52. The Morgan fingerprint density at radius 2 is 2.00 bits per heavy atom. The maximum Gasteiger partial charge on any atom is 0.217 e. The van der Waals surface area contributed by atoms with Gasteiger partial charge in [0.25, 0.3) is 0 Å². The molecule has 56 valence electrons. The number of hydrogen-bond donors (Lipinski definition) is 4. The molecule has 10 heavy (non-hydrogen) atoms. The summed E-state index contributed by atoms with van der Waals surface area (Å²) in [5.74, 6) is -2.79. The summed E-state index contributed by atoms with van der Waals surface area (Å²) in [6.45, 7) is 0. The molecule has 0 radical (unpaired) electrons. The molecule has 0 amide bonds. The Labute approximate surface area is 57.4 Å². The third-order valence-corrected chi connectivity index (χ3v) is 1.29. The third-order valence-electron chi connectivity index (χ3n) is 1.29. The molecular formula is C6H8O4. The minimum absolute atomic E-state index is 0.451. The topological polar surface area (TPSA) is 80.9 Å². The van der Waals surface area contributed by atoms with Crippen LogP contribution in [0.2, 0.25) is 0 Å². The number of rotatable bonds is 0. The van der Waals surface area contributed by atoms with Crippen LogP contribution >= 0.6 is 0 Å². The zero-order valence-corrected chi connectivity index (χ0v) is 5.10. The molecule has 0 heterocycles. The number of allylic oxidation sites excluding steroid dienone is 2. The molecule has 0 aliphatic heterocycles. The Morgan fingerprint density at radius 1 is 1.40 bits per heavy atom. The average molecular weight is 144 g/mol. The summed E-state index contributed by atoms with van der Waals surface area (Å²) in [4.78, 5) is 0. The van der Waals surface area contributed by atoms with Crippen LogP contribution in [-0.4, -0.2) is 32.3 Å². The van der Waals surface area contributed by atoms with Crippen molar-refractivity contribution in [2.45, 2.75) is 11.9 Å². The predicted molar refractivity (Wildman–Crippen MR) is 33.0 cm³/mol. The standard InChI is InChI=1S/C6H8O4/c7-4-2-1-3-6(9,10)5(4)8/h1-3,5,7-10H. The van der Waals surface area contributed by atoms with Gasteiger partial charge in [-0.05, 0) is 12.2 Å². The SMILES string of the molecule is OC1=CC=CC(O)(O)C1O. The monoisotopic (exact) mass is 144 g/mol. The Balaban J connectivity index is 2.89. The number of hydrogen-bond acceptors (Lipinski definition) is 4. The van der Waals surface area contributed by atoms with E-state index in [0.717, 1.165) is 6.08 Å². The van der Waals surface area contributed by atoms with E-state index in [-0.39, 0.29) is 0 Å². The Bertz CT molecular complexity index is 192. The van der Waals surface area contributed by atoms with E-state index >= 15 is 0 Å². The molecule has 0 saturated heterocycles. The van der Waals surface area contributed by atoms with Crippen molar-refractivity contribution in [3.63, 3.8) is 0 Å². The molecule has 0 spiro atoms. The zero-order valence-electron chi connectivity index (χ0n) is 5.10. The van der Waals surface area contributed by atoms with Crippen LogP contribution < -0.4 is 0 Å². The molecule has 1 rings (SSSR count). The van der Waals surface area contributed by atoms with Crippen LogP contribution in [0, 0.1) is 0 Å². The van der Waals surface area contributed by atoms with Crippen LogP contribution in [0.25, 0.3) is 0 Å². The van der Waals surface area contributed by atoms with Gasteiger partial charge in [-0.15, -0.1) is 0 Å². The van der Waals surface area contributed by atoms with Crippen molar-refractivity contribution < 1.29 is 20.4 Å². The largest absolute Gasteiger partial charge is 0.509 e. The second-order valence-corrected chi connectivity index (χ2v) is 2.14. The molecule has 0 aromatic carbocycles. The van der Waals surface area contributed by atoms with Crippen molar-refractivity contribution in [3.05, 3.63) is 24.0 Å². The highest BCUT2D eigenvalue weighted by Gasteiger charge is 2.34. The molecule has 0 fully saturated rings. The summed E-state index contributed by atoms with van der Waals surface area (Å²) in [6, 6.07) is 0. The van der Waals surface area contributed by atoms with Gasteiger partial charge < -0.3 is 20.4 Å². The predicted octanol–water partition coefficient (Wildman–Crippen LogP) is -0.960. The number of aliphatic hydroxyl groups is 4. The highest BCUT2D eigenvalue weighted by Crippen LogP contribution is 2.18. The van der Waals surface area contributed by atoms with Gasteiger partial charge >= 0.3 is 0 Å². The van der Waals surface area contributed by atoms with E-state index in [9.17, 15) is 0 Å². The molecule has 1 aliphatic carbocycles. The third kappa shape index (κ3) is 1.04. The normalized spacial score (nSPS) is 29.9. The second kappa shape index (κ2) is 2.09. The molecular weight excluding hydrogens is 136 g/mol. The van der Waals surface area contributed by atoms with Crippen LogP contribution in [0.4, 0.5) is 0 Å². The number of aliphatic hydroxyl groups excluding tert-OH is 2. The quantitative estimate of drug-likeness (QED) is 0.330. The first-order valence-corrected chi connectivity index (χ1v) is 2.75. The van der Waals surface area contributed by atoms with Gasteiger partial charge in [-0.2, -0.15) is 0 Å². The molecule has 0 bridgehead atoms. The van der Waals surface area contributed by atoms with Gasteiger partial charge in [0.1, 0.15) is 5.76 Å². The summed E-state index contributed by atoms with van der Waals surface area (Å²) >= 11 is 0. The molecule has 1 atom stereocenters. The van der Waals surface area contributed by atoms with E-state index in [1.807, 2.05) is 0 Å². The van der Waals surface area contributed by atoms with Gasteiger partial charge in [0.05, 0.1) is 0 Å². The maximum atomic E-state index is 8.84. The van der Waals surface area contributed by atoms with Crippen molar-refractivity contribution in [2.24, 2.45) is 0 Å². The molecule has 0 aromatic heterocycles. The first-order chi connectivity index (χ1) is 4.54. The molecule has 4 nitrogen and oxygen atoms in total. The van der Waals surface area contributed by atoms with E-state index in [2.05, 4.69) is 0 Å². The zero-order chi connectivity index (χ0) is 7.78. The van der Waals surface area contributed by atoms with Crippen LogP contribution in [0.1, 0.15) is 0 Å². The van der Waals surface area contributed by atoms with Crippen LogP contribution in [0.15, 0.2) is 24.0 Å². The van der Waals surface area contributed by atoms with E-state index in [1.165, 1.54) is 12.2 Å². The van der Waals surface area contributed by atoms with Crippen molar-refractivity contribution in [1.29, 1.82) is 0 Å². The fraction of sp³-hybridized carbons (Fsp3) is 0.333. The molecule has 4 heteroatoms. The fourth-order valence-corrected chi connectivity index (χ4v) is 0.688. The molecule has 0 aromatic rings. The maximum absolute atomic E-state index is 8.84. The molecule has 0 saturated carbocycles. The smallest absolute Gasteiger partial charge is 0.217 e. The summed E-state index contributed by atoms with van der Waals surface area (Å²) in [7, 11) is 0. The van der Waals surface area contributed by atoms with Gasteiger partial charge in [0.2, 0.25) is 5.79 Å². The minimum atomic E-state index is -2.33. The van der Waals surface area contributed by atoms with Crippen molar-refractivity contribution >= 4 is 0 Å². The van der Waals surface area contributed by atoms with Gasteiger partial charge in [-0.1, -0.05) is 6.08 Å². The van der Waals surface area contributed by atoms with Crippen LogP contribution in [-0.2, 0) is 0 Å². The van der Waals surface area contributed by atoms with E-state index in [1.54, 1.807) is 0 Å². The first kappa shape index (κ1) is 7.27. The first-order valence-electron chi connectivity index (χ1n) is 2.75. The van der Waals surface area contributed by atoms with Crippen molar-refractivity contribution in [2.75, 3.05) is 0 Å². The lowest BCUT2D eigenvalue weighted by atomic mass is 10.0. The molecule has 1 aliphatic rings. The summed E-state index contributed by atoms with van der Waals surface area (Å²) < 4.78 is 0. The van der Waals surface area contributed by atoms with Gasteiger partial charge in [-0.3, -0.25) is 0 Å². The summed E-state index contributed by atoms with van der Waals surface area (Å²) in [5.41, 5.74) is 0. The van der Waals surface area contributed by atoms with Crippen LogP contribution in [0.5, 0.6) is 0 Å². The minimum Gasteiger partial charge on any atom is -0.509 e. The average Bonchev–Trinajstić information content (AvgIpc) is 1.83. The highest BCUT2D eigenvalue weighted by molar-refractivity contribution is 5.22. The van der Waals surface area contributed by atoms with E-state index < -0.39 is 17.7 Å². The fourth-order valence-electron chi connectivity index (χ4n) is 0.688.